The van der Waals surface area contributed by atoms with Crippen molar-refractivity contribution in [1.29, 1.82) is 0 Å². The predicted molar refractivity (Wildman–Crippen MR) is 85.2 cm³/mol. The topological polar surface area (TPSA) is 73.4 Å². The second-order valence-electron chi connectivity index (χ2n) is 5.84. The van der Waals surface area contributed by atoms with Crippen molar-refractivity contribution < 1.29 is 17.4 Å². The third-order valence-corrected chi connectivity index (χ3v) is 3.88. The molecule has 1 heterocycles. The molecule has 0 aliphatic heterocycles. The number of aromatic nitrogens is 1. The fourth-order valence-corrected chi connectivity index (χ4v) is 2.83. The number of para-hydroxylation sites is 1. The fraction of sp³-hybridized carbons (Fsp3) is 0.467. The quantitative estimate of drug-likeness (QED) is 0.787. The van der Waals surface area contributed by atoms with Crippen molar-refractivity contribution in [1.82, 2.24) is 9.88 Å². The molecule has 122 valence electrons. The van der Waals surface area contributed by atoms with E-state index in [1.807, 2.05) is 6.07 Å². The Balaban J connectivity index is 0.000000309. The van der Waals surface area contributed by atoms with Gasteiger partial charge in [0.25, 0.3) is 10.1 Å². The molecule has 1 aromatic carbocycles. The Kier molecular flexibility index (Phi) is 4.89. The van der Waals surface area contributed by atoms with E-state index in [4.69, 9.17) is 4.55 Å². The van der Waals surface area contributed by atoms with Crippen molar-refractivity contribution in [3.63, 3.8) is 0 Å². The predicted octanol–water partition coefficient (Wildman–Crippen LogP) is 2.23. The van der Waals surface area contributed by atoms with E-state index in [9.17, 15) is 12.8 Å². The second kappa shape index (κ2) is 6.36. The lowest BCUT2D eigenvalue weighted by molar-refractivity contribution is 0.268. The first kappa shape index (κ1) is 16.9. The Bertz CT molecular complexity index is 760. The molecule has 0 saturated carbocycles. The number of hydrogen-bond acceptors (Lipinski definition) is 3. The summed E-state index contributed by atoms with van der Waals surface area (Å²) in [4.78, 5) is 5.52. The van der Waals surface area contributed by atoms with Crippen molar-refractivity contribution in [3.05, 3.63) is 35.3 Å². The van der Waals surface area contributed by atoms with Gasteiger partial charge in [-0.3, -0.25) is 4.55 Å². The Labute approximate surface area is 129 Å². The van der Waals surface area contributed by atoms with Gasteiger partial charge in [0.2, 0.25) is 0 Å². The van der Waals surface area contributed by atoms with Crippen molar-refractivity contribution in [2.45, 2.75) is 25.3 Å². The number of H-pyrrole nitrogens is 1. The first-order valence-corrected chi connectivity index (χ1v) is 8.88. The van der Waals surface area contributed by atoms with Crippen LogP contribution in [-0.4, -0.2) is 49.2 Å². The molecule has 0 spiro atoms. The van der Waals surface area contributed by atoms with E-state index in [2.05, 4.69) is 24.0 Å². The molecule has 1 aliphatic carbocycles. The first-order chi connectivity index (χ1) is 10.2. The van der Waals surface area contributed by atoms with Gasteiger partial charge in [0.05, 0.1) is 11.8 Å². The number of nitrogens with zero attached hydrogens (tertiary/aromatic N) is 1. The summed E-state index contributed by atoms with van der Waals surface area (Å²) >= 11 is 0. The summed E-state index contributed by atoms with van der Waals surface area (Å²) in [7, 11) is 0.566. The SMILES string of the molecule is CN(C)C1CCc2[nH]c3c(F)cccc3c2C1.CS(=O)(=O)O. The van der Waals surface area contributed by atoms with Crippen molar-refractivity contribution in [2.24, 2.45) is 0 Å². The van der Waals surface area contributed by atoms with Crippen LogP contribution in [0, 0.1) is 5.82 Å². The van der Waals surface area contributed by atoms with Gasteiger partial charge in [-0.15, -0.1) is 0 Å². The van der Waals surface area contributed by atoms with Gasteiger partial charge in [-0.2, -0.15) is 8.42 Å². The van der Waals surface area contributed by atoms with Crippen LogP contribution in [0.25, 0.3) is 10.9 Å². The average Bonchev–Trinajstić information content (AvgIpc) is 2.76. The van der Waals surface area contributed by atoms with Crippen LogP contribution in [0.1, 0.15) is 17.7 Å². The summed E-state index contributed by atoms with van der Waals surface area (Å²) < 4.78 is 39.6. The summed E-state index contributed by atoms with van der Waals surface area (Å²) in [6.45, 7) is 0. The van der Waals surface area contributed by atoms with E-state index >= 15 is 0 Å². The van der Waals surface area contributed by atoms with Gasteiger partial charge < -0.3 is 9.88 Å². The molecule has 7 heteroatoms. The van der Waals surface area contributed by atoms with Gasteiger partial charge in [0.1, 0.15) is 5.82 Å². The van der Waals surface area contributed by atoms with E-state index < -0.39 is 10.1 Å². The van der Waals surface area contributed by atoms with E-state index in [1.165, 1.54) is 17.3 Å². The summed E-state index contributed by atoms with van der Waals surface area (Å²) in [6, 6.07) is 5.91. The number of fused-ring (bicyclic) bond motifs is 3. The summed E-state index contributed by atoms with van der Waals surface area (Å²) in [5.74, 6) is -0.140. The summed E-state index contributed by atoms with van der Waals surface area (Å²) in [6.07, 6.45) is 3.90. The van der Waals surface area contributed by atoms with Gasteiger partial charge in [-0.25, -0.2) is 4.39 Å². The average molecular weight is 328 g/mol. The van der Waals surface area contributed by atoms with Gasteiger partial charge in [-0.1, -0.05) is 12.1 Å². The Morgan fingerprint density at radius 3 is 2.59 bits per heavy atom. The zero-order chi connectivity index (χ0) is 16.5. The molecule has 1 unspecified atom stereocenters. The molecule has 1 aliphatic rings. The molecule has 0 bridgehead atoms. The number of aromatic amines is 1. The second-order valence-corrected chi connectivity index (χ2v) is 7.30. The van der Waals surface area contributed by atoms with E-state index in [0.717, 1.165) is 24.6 Å². The number of hydrogen-bond donors (Lipinski definition) is 2. The van der Waals surface area contributed by atoms with Crippen LogP contribution in [-0.2, 0) is 23.0 Å². The third-order valence-electron chi connectivity index (χ3n) is 3.88. The molecule has 1 aromatic heterocycles. The van der Waals surface area contributed by atoms with Gasteiger partial charge in [0.15, 0.2) is 0 Å². The smallest absolute Gasteiger partial charge is 0.261 e. The number of aryl methyl sites for hydroxylation is 1. The lowest BCUT2D eigenvalue weighted by Gasteiger charge is -2.28. The highest BCUT2D eigenvalue weighted by Crippen LogP contribution is 2.31. The van der Waals surface area contributed by atoms with Crippen LogP contribution < -0.4 is 0 Å². The maximum atomic E-state index is 13.7. The van der Waals surface area contributed by atoms with Crippen molar-refractivity contribution in [3.8, 4) is 0 Å². The molecule has 5 nitrogen and oxygen atoms in total. The number of likely N-dealkylation sites (N-methyl/N-ethyl adjacent to an activating group) is 1. The maximum absolute atomic E-state index is 13.7. The van der Waals surface area contributed by atoms with Crippen LogP contribution >= 0.6 is 0 Å². The van der Waals surface area contributed by atoms with Crippen LogP contribution in [0.4, 0.5) is 4.39 Å². The summed E-state index contributed by atoms with van der Waals surface area (Å²) in [5, 5.41) is 1.06. The molecule has 0 fully saturated rings. The monoisotopic (exact) mass is 328 g/mol. The third kappa shape index (κ3) is 4.06. The Morgan fingerprint density at radius 2 is 2.00 bits per heavy atom. The zero-order valence-corrected chi connectivity index (χ0v) is 13.7. The van der Waals surface area contributed by atoms with Crippen molar-refractivity contribution in [2.75, 3.05) is 20.4 Å². The molecular weight excluding hydrogens is 307 g/mol. The van der Waals surface area contributed by atoms with Gasteiger partial charge >= 0.3 is 0 Å². The van der Waals surface area contributed by atoms with Crippen LogP contribution in [0.5, 0.6) is 0 Å². The minimum absolute atomic E-state index is 0.140. The fourth-order valence-electron chi connectivity index (χ4n) is 2.83. The molecule has 2 aromatic rings. The number of halogens is 1. The lowest BCUT2D eigenvalue weighted by atomic mass is 9.91. The van der Waals surface area contributed by atoms with E-state index in [0.29, 0.717) is 17.8 Å². The lowest BCUT2D eigenvalue weighted by Crippen LogP contribution is -2.33. The Morgan fingerprint density at radius 1 is 1.36 bits per heavy atom. The first-order valence-electron chi connectivity index (χ1n) is 7.03. The molecule has 3 rings (SSSR count). The zero-order valence-electron chi connectivity index (χ0n) is 12.9. The minimum atomic E-state index is -3.67. The standard InChI is InChI=1S/C14H17FN2.CH4O3S/c1-17(2)9-6-7-13-11(8-9)10-4-3-5-12(15)14(10)16-13;1-5(2,3)4/h3-5,9,16H,6-8H2,1-2H3;1H3,(H,2,3,4). The molecular formula is C15H21FN2O3S. The van der Waals surface area contributed by atoms with Crippen molar-refractivity contribution >= 4 is 21.0 Å². The van der Waals surface area contributed by atoms with Crippen LogP contribution in [0.15, 0.2) is 18.2 Å². The van der Waals surface area contributed by atoms with Crippen LogP contribution in [0.2, 0.25) is 0 Å². The largest absolute Gasteiger partial charge is 0.356 e. The van der Waals surface area contributed by atoms with Gasteiger partial charge in [-0.05, 0) is 45.0 Å². The maximum Gasteiger partial charge on any atom is 0.261 e. The molecule has 0 amide bonds. The van der Waals surface area contributed by atoms with Gasteiger partial charge in [0, 0.05) is 17.1 Å². The minimum Gasteiger partial charge on any atom is -0.356 e. The molecule has 1 atom stereocenters. The molecule has 0 saturated heterocycles. The van der Waals surface area contributed by atoms with E-state index in [-0.39, 0.29) is 5.82 Å². The molecule has 22 heavy (non-hydrogen) atoms. The summed E-state index contributed by atoms with van der Waals surface area (Å²) in [5.41, 5.74) is 3.21. The highest BCUT2D eigenvalue weighted by Gasteiger charge is 2.24. The van der Waals surface area contributed by atoms with Crippen LogP contribution in [0.3, 0.4) is 0 Å². The Hall–Kier alpha value is -1.44. The number of rotatable bonds is 1. The highest BCUT2D eigenvalue weighted by molar-refractivity contribution is 7.85. The normalized spacial score (nSPS) is 18.0. The number of benzene rings is 1. The van der Waals surface area contributed by atoms with E-state index in [1.54, 1.807) is 6.07 Å². The molecule has 2 N–H and O–H groups in total. The molecule has 0 radical (unpaired) electrons. The number of nitrogens with one attached hydrogen (secondary N) is 1. The highest BCUT2D eigenvalue weighted by atomic mass is 32.2.